The molecule has 6 heteroatoms. The van der Waals surface area contributed by atoms with E-state index >= 15 is 0 Å². The summed E-state index contributed by atoms with van der Waals surface area (Å²) in [5.41, 5.74) is 0. The van der Waals surface area contributed by atoms with Crippen LogP contribution in [0.1, 0.15) is 51.5 Å². The minimum atomic E-state index is 0.00703. The van der Waals surface area contributed by atoms with Gasteiger partial charge in [-0.05, 0) is 45.7 Å². The first-order chi connectivity index (χ1) is 10.8. The van der Waals surface area contributed by atoms with Crippen molar-refractivity contribution in [1.82, 2.24) is 24.6 Å². The number of piperidine rings is 1. The molecule has 0 aliphatic carbocycles. The van der Waals surface area contributed by atoms with Gasteiger partial charge in [-0.1, -0.05) is 12.8 Å². The van der Waals surface area contributed by atoms with Crippen molar-refractivity contribution in [1.29, 1.82) is 0 Å². The fourth-order valence-corrected chi connectivity index (χ4v) is 3.68. The zero-order chi connectivity index (χ0) is 15.4. The van der Waals surface area contributed by atoms with Gasteiger partial charge in [0, 0.05) is 13.1 Å². The van der Waals surface area contributed by atoms with Crippen molar-refractivity contribution in [3.63, 3.8) is 0 Å². The molecule has 0 aromatic carbocycles. The first kappa shape index (κ1) is 15.5. The van der Waals surface area contributed by atoms with E-state index in [0.717, 1.165) is 39.0 Å². The van der Waals surface area contributed by atoms with Gasteiger partial charge >= 0.3 is 0 Å². The lowest BCUT2D eigenvalue weighted by Crippen LogP contribution is -2.50. The highest BCUT2D eigenvalue weighted by atomic mass is 16.2. The standard InChI is InChI=1S/C16H27N5O/c1-14(19-8-4-2-3-5-9-19)16(22)20-10-6-7-15(11-20)21-13-17-12-18-21/h12-15H,2-11H2,1H3/t14-,15+/m0/s1. The molecule has 6 nitrogen and oxygen atoms in total. The maximum absolute atomic E-state index is 12.9. The van der Waals surface area contributed by atoms with Crippen LogP contribution in [0.15, 0.2) is 12.7 Å². The molecule has 0 N–H and O–H groups in total. The van der Waals surface area contributed by atoms with E-state index in [1.807, 2.05) is 9.58 Å². The Labute approximate surface area is 132 Å². The fourth-order valence-electron chi connectivity index (χ4n) is 3.68. The van der Waals surface area contributed by atoms with E-state index in [1.54, 1.807) is 12.7 Å². The normalized spacial score (nSPS) is 25.7. The van der Waals surface area contributed by atoms with Gasteiger partial charge in [0.1, 0.15) is 12.7 Å². The summed E-state index contributed by atoms with van der Waals surface area (Å²) >= 11 is 0. The number of hydrogen-bond donors (Lipinski definition) is 0. The molecule has 0 saturated carbocycles. The van der Waals surface area contributed by atoms with Crippen molar-refractivity contribution in [3.8, 4) is 0 Å². The van der Waals surface area contributed by atoms with Crippen LogP contribution in [0.5, 0.6) is 0 Å². The minimum absolute atomic E-state index is 0.00703. The zero-order valence-corrected chi connectivity index (χ0v) is 13.5. The molecule has 2 saturated heterocycles. The summed E-state index contributed by atoms with van der Waals surface area (Å²) in [6.45, 7) is 5.84. The van der Waals surface area contributed by atoms with Crippen molar-refractivity contribution >= 4 is 5.91 Å². The molecule has 2 fully saturated rings. The predicted molar refractivity (Wildman–Crippen MR) is 84.4 cm³/mol. The second-order valence-electron chi connectivity index (χ2n) is 6.58. The highest BCUT2D eigenvalue weighted by Crippen LogP contribution is 2.22. The molecule has 2 aliphatic heterocycles. The average molecular weight is 305 g/mol. The highest BCUT2D eigenvalue weighted by Gasteiger charge is 2.30. The lowest BCUT2D eigenvalue weighted by molar-refractivity contribution is -0.138. The van der Waals surface area contributed by atoms with E-state index in [4.69, 9.17) is 0 Å². The largest absolute Gasteiger partial charge is 0.339 e. The fraction of sp³-hybridized carbons (Fsp3) is 0.812. The summed E-state index contributed by atoms with van der Waals surface area (Å²) < 4.78 is 1.90. The third-order valence-corrected chi connectivity index (χ3v) is 5.06. The molecule has 3 rings (SSSR count). The molecule has 2 aliphatic rings. The van der Waals surface area contributed by atoms with Gasteiger partial charge in [0.25, 0.3) is 0 Å². The lowest BCUT2D eigenvalue weighted by Gasteiger charge is -2.37. The quantitative estimate of drug-likeness (QED) is 0.853. The van der Waals surface area contributed by atoms with Crippen LogP contribution in [0.3, 0.4) is 0 Å². The van der Waals surface area contributed by atoms with Gasteiger partial charge in [-0.25, -0.2) is 9.67 Å². The van der Waals surface area contributed by atoms with Crippen LogP contribution in [0.25, 0.3) is 0 Å². The van der Waals surface area contributed by atoms with Crippen LogP contribution in [-0.4, -0.2) is 62.7 Å². The number of likely N-dealkylation sites (tertiary alicyclic amines) is 2. The second kappa shape index (κ2) is 7.22. The maximum atomic E-state index is 12.9. The molecular formula is C16H27N5O. The van der Waals surface area contributed by atoms with Crippen LogP contribution in [0.2, 0.25) is 0 Å². The molecule has 0 bridgehead atoms. The Hall–Kier alpha value is -1.43. The molecule has 2 atom stereocenters. The third kappa shape index (κ3) is 3.48. The molecule has 0 radical (unpaired) electrons. The summed E-state index contributed by atoms with van der Waals surface area (Å²) in [4.78, 5) is 21.3. The Morgan fingerprint density at radius 1 is 1.14 bits per heavy atom. The molecule has 3 heterocycles. The van der Waals surface area contributed by atoms with E-state index < -0.39 is 0 Å². The van der Waals surface area contributed by atoms with Gasteiger partial charge in [-0.2, -0.15) is 5.10 Å². The second-order valence-corrected chi connectivity index (χ2v) is 6.58. The van der Waals surface area contributed by atoms with Gasteiger partial charge in [-0.3, -0.25) is 9.69 Å². The molecule has 1 aromatic rings. The van der Waals surface area contributed by atoms with Crippen LogP contribution in [-0.2, 0) is 4.79 Å². The summed E-state index contributed by atoms with van der Waals surface area (Å²) in [7, 11) is 0. The van der Waals surface area contributed by atoms with Crippen molar-refractivity contribution in [2.24, 2.45) is 0 Å². The topological polar surface area (TPSA) is 54.3 Å². The summed E-state index contributed by atoms with van der Waals surface area (Å²) in [6, 6.07) is 0.282. The van der Waals surface area contributed by atoms with Crippen molar-refractivity contribution in [2.45, 2.75) is 57.5 Å². The predicted octanol–water partition coefficient (Wildman–Crippen LogP) is 1.71. The molecule has 0 spiro atoms. The molecule has 0 unspecified atom stereocenters. The summed E-state index contributed by atoms with van der Waals surface area (Å²) in [5, 5.41) is 4.24. The Kier molecular flexibility index (Phi) is 5.08. The lowest BCUT2D eigenvalue weighted by atomic mass is 10.0. The van der Waals surface area contributed by atoms with Gasteiger partial charge in [0.15, 0.2) is 0 Å². The van der Waals surface area contributed by atoms with Crippen LogP contribution in [0, 0.1) is 0 Å². The van der Waals surface area contributed by atoms with E-state index in [0.29, 0.717) is 0 Å². The van der Waals surface area contributed by atoms with Crippen LogP contribution >= 0.6 is 0 Å². The number of nitrogens with zero attached hydrogens (tertiary/aromatic N) is 5. The van der Waals surface area contributed by atoms with E-state index in [2.05, 4.69) is 21.9 Å². The maximum Gasteiger partial charge on any atom is 0.239 e. The average Bonchev–Trinajstić information content (AvgIpc) is 2.96. The van der Waals surface area contributed by atoms with Gasteiger partial charge in [-0.15, -0.1) is 0 Å². The first-order valence-corrected chi connectivity index (χ1v) is 8.62. The van der Waals surface area contributed by atoms with Crippen molar-refractivity contribution < 1.29 is 4.79 Å². The molecular weight excluding hydrogens is 278 g/mol. The molecule has 122 valence electrons. The Balaban J connectivity index is 1.60. The molecule has 22 heavy (non-hydrogen) atoms. The number of carbonyl (C=O) groups is 1. The zero-order valence-electron chi connectivity index (χ0n) is 13.5. The molecule has 1 amide bonds. The van der Waals surface area contributed by atoms with Crippen molar-refractivity contribution in [2.75, 3.05) is 26.2 Å². The molecule has 1 aromatic heterocycles. The van der Waals surface area contributed by atoms with Gasteiger partial charge < -0.3 is 4.90 Å². The summed E-state index contributed by atoms with van der Waals surface area (Å²) in [5.74, 6) is 0.284. The van der Waals surface area contributed by atoms with E-state index in [1.165, 1.54) is 25.7 Å². The minimum Gasteiger partial charge on any atom is -0.339 e. The SMILES string of the molecule is C[C@@H](C(=O)N1CCC[C@@H](n2cncn2)C1)N1CCCCCC1. The number of carbonyl (C=O) groups excluding carboxylic acids is 1. The van der Waals surface area contributed by atoms with Crippen molar-refractivity contribution in [3.05, 3.63) is 12.7 Å². The Bertz CT molecular complexity index is 467. The van der Waals surface area contributed by atoms with Gasteiger partial charge in [0.05, 0.1) is 12.1 Å². The Morgan fingerprint density at radius 3 is 2.59 bits per heavy atom. The van der Waals surface area contributed by atoms with E-state index in [-0.39, 0.29) is 18.0 Å². The number of aromatic nitrogens is 3. The number of amides is 1. The number of rotatable bonds is 3. The van der Waals surface area contributed by atoms with E-state index in [9.17, 15) is 4.79 Å². The Morgan fingerprint density at radius 2 is 1.91 bits per heavy atom. The number of hydrogen-bond acceptors (Lipinski definition) is 4. The van der Waals surface area contributed by atoms with Gasteiger partial charge in [0.2, 0.25) is 5.91 Å². The van der Waals surface area contributed by atoms with Crippen LogP contribution in [0.4, 0.5) is 0 Å². The highest BCUT2D eigenvalue weighted by molar-refractivity contribution is 5.81. The smallest absolute Gasteiger partial charge is 0.239 e. The third-order valence-electron chi connectivity index (χ3n) is 5.06. The monoisotopic (exact) mass is 305 g/mol. The van der Waals surface area contributed by atoms with Crippen LogP contribution < -0.4 is 0 Å². The summed E-state index contributed by atoms with van der Waals surface area (Å²) in [6.07, 6.45) is 10.5. The first-order valence-electron chi connectivity index (χ1n) is 8.62.